The van der Waals surface area contributed by atoms with Crippen LogP contribution in [0.3, 0.4) is 0 Å². The molecule has 3 nitrogen and oxygen atoms in total. The van der Waals surface area contributed by atoms with E-state index in [1.807, 2.05) is 12.5 Å². The van der Waals surface area contributed by atoms with Gasteiger partial charge in [-0.05, 0) is 32.7 Å². The van der Waals surface area contributed by atoms with Gasteiger partial charge < -0.3 is 9.88 Å². The highest BCUT2D eigenvalue weighted by molar-refractivity contribution is 5.08. The van der Waals surface area contributed by atoms with Crippen LogP contribution in [0.2, 0.25) is 0 Å². The van der Waals surface area contributed by atoms with E-state index in [2.05, 4.69) is 35.6 Å². The Kier molecular flexibility index (Phi) is 2.59. The maximum absolute atomic E-state index is 4.24. The predicted octanol–water partition coefficient (Wildman–Crippen LogP) is 2.13. The van der Waals surface area contributed by atoms with Crippen LogP contribution in [0, 0.1) is 5.92 Å². The van der Waals surface area contributed by atoms with Gasteiger partial charge in [0.25, 0.3) is 0 Å². The number of imidazole rings is 1. The molecule has 0 radical (unpaired) electrons. The van der Waals surface area contributed by atoms with Crippen LogP contribution in [-0.4, -0.2) is 16.1 Å². The van der Waals surface area contributed by atoms with E-state index in [0.717, 1.165) is 12.5 Å². The average Bonchev–Trinajstić information content (AvgIpc) is 2.70. The van der Waals surface area contributed by atoms with Gasteiger partial charge in [-0.15, -0.1) is 0 Å². The molecule has 1 aliphatic heterocycles. The molecule has 1 aliphatic rings. The van der Waals surface area contributed by atoms with Crippen LogP contribution in [0.25, 0.3) is 0 Å². The molecule has 2 atom stereocenters. The van der Waals surface area contributed by atoms with E-state index in [1.54, 1.807) is 0 Å². The molecule has 2 heterocycles. The Morgan fingerprint density at radius 2 is 2.36 bits per heavy atom. The first-order chi connectivity index (χ1) is 6.68. The molecular weight excluding hydrogens is 174 g/mol. The van der Waals surface area contributed by atoms with Crippen LogP contribution in [0.5, 0.6) is 0 Å². The van der Waals surface area contributed by atoms with E-state index >= 15 is 0 Å². The fourth-order valence-corrected chi connectivity index (χ4v) is 2.15. The zero-order valence-electron chi connectivity index (χ0n) is 9.20. The van der Waals surface area contributed by atoms with E-state index < -0.39 is 0 Å². The molecule has 0 amide bonds. The lowest BCUT2D eigenvalue weighted by Gasteiger charge is -2.16. The SMILES string of the molecule is CC1CNC(c2cncn2C(C)C)C1. The Hall–Kier alpha value is -0.830. The van der Waals surface area contributed by atoms with Gasteiger partial charge in [-0.2, -0.15) is 0 Å². The number of nitrogens with zero attached hydrogens (tertiary/aromatic N) is 2. The van der Waals surface area contributed by atoms with Crippen LogP contribution in [-0.2, 0) is 0 Å². The van der Waals surface area contributed by atoms with Crippen molar-refractivity contribution in [1.29, 1.82) is 0 Å². The fourth-order valence-electron chi connectivity index (χ4n) is 2.15. The fraction of sp³-hybridized carbons (Fsp3) is 0.727. The van der Waals surface area contributed by atoms with Crippen LogP contribution < -0.4 is 5.32 Å². The van der Waals surface area contributed by atoms with E-state index in [-0.39, 0.29) is 0 Å². The Labute approximate surface area is 85.5 Å². The third-order valence-corrected chi connectivity index (χ3v) is 2.96. The number of hydrogen-bond acceptors (Lipinski definition) is 2. The van der Waals surface area contributed by atoms with Gasteiger partial charge in [0.1, 0.15) is 0 Å². The van der Waals surface area contributed by atoms with Gasteiger partial charge in [-0.3, -0.25) is 0 Å². The molecule has 0 saturated carbocycles. The molecule has 2 rings (SSSR count). The number of rotatable bonds is 2. The highest BCUT2D eigenvalue weighted by atomic mass is 15.1. The molecule has 78 valence electrons. The highest BCUT2D eigenvalue weighted by Crippen LogP contribution is 2.27. The Morgan fingerprint density at radius 3 is 2.93 bits per heavy atom. The van der Waals surface area contributed by atoms with Gasteiger partial charge in [-0.1, -0.05) is 6.92 Å². The molecule has 0 aromatic carbocycles. The van der Waals surface area contributed by atoms with Gasteiger partial charge in [0.15, 0.2) is 0 Å². The third-order valence-electron chi connectivity index (χ3n) is 2.96. The highest BCUT2D eigenvalue weighted by Gasteiger charge is 2.24. The summed E-state index contributed by atoms with van der Waals surface area (Å²) in [4.78, 5) is 4.24. The second-order valence-corrected chi connectivity index (χ2v) is 4.62. The van der Waals surface area contributed by atoms with Crippen molar-refractivity contribution in [3.8, 4) is 0 Å². The van der Waals surface area contributed by atoms with Gasteiger partial charge in [0.05, 0.1) is 12.0 Å². The summed E-state index contributed by atoms with van der Waals surface area (Å²) in [5.41, 5.74) is 1.34. The molecular formula is C11H19N3. The lowest BCUT2D eigenvalue weighted by Crippen LogP contribution is -2.17. The summed E-state index contributed by atoms with van der Waals surface area (Å²) in [6.45, 7) is 7.82. The Bertz CT molecular complexity index is 303. The number of hydrogen-bond donors (Lipinski definition) is 1. The molecule has 3 heteroatoms. The third kappa shape index (κ3) is 1.69. The van der Waals surface area contributed by atoms with Crippen molar-refractivity contribution in [1.82, 2.24) is 14.9 Å². The topological polar surface area (TPSA) is 29.9 Å². The first kappa shape index (κ1) is 9.71. The molecule has 2 unspecified atom stereocenters. The standard InChI is InChI=1S/C11H19N3/c1-8(2)14-7-12-6-11(14)10-4-9(3)5-13-10/h6-10,13H,4-5H2,1-3H3. The molecule has 1 aromatic heterocycles. The summed E-state index contributed by atoms with van der Waals surface area (Å²) >= 11 is 0. The van der Waals surface area contributed by atoms with Crippen molar-refractivity contribution >= 4 is 0 Å². The minimum absolute atomic E-state index is 0.505. The summed E-state index contributed by atoms with van der Waals surface area (Å²) in [7, 11) is 0. The molecule has 1 fully saturated rings. The van der Waals surface area contributed by atoms with Crippen LogP contribution in [0.4, 0.5) is 0 Å². The van der Waals surface area contributed by atoms with Gasteiger partial charge in [-0.25, -0.2) is 4.98 Å². The zero-order valence-corrected chi connectivity index (χ0v) is 9.20. The second kappa shape index (κ2) is 3.73. The summed E-state index contributed by atoms with van der Waals surface area (Å²) in [6.07, 6.45) is 5.17. The normalized spacial score (nSPS) is 27.4. The number of aromatic nitrogens is 2. The molecule has 1 saturated heterocycles. The maximum atomic E-state index is 4.24. The van der Waals surface area contributed by atoms with E-state index in [9.17, 15) is 0 Å². The minimum Gasteiger partial charge on any atom is -0.331 e. The van der Waals surface area contributed by atoms with Gasteiger partial charge >= 0.3 is 0 Å². The molecule has 14 heavy (non-hydrogen) atoms. The summed E-state index contributed by atoms with van der Waals surface area (Å²) < 4.78 is 2.26. The van der Waals surface area contributed by atoms with E-state index in [1.165, 1.54) is 12.1 Å². The van der Waals surface area contributed by atoms with Crippen LogP contribution >= 0.6 is 0 Å². The first-order valence-electron chi connectivity index (χ1n) is 5.43. The summed E-state index contributed by atoms with van der Waals surface area (Å²) in [5, 5.41) is 3.54. The number of nitrogens with one attached hydrogen (secondary N) is 1. The first-order valence-corrected chi connectivity index (χ1v) is 5.43. The molecule has 0 spiro atoms. The van der Waals surface area contributed by atoms with Gasteiger partial charge in [0.2, 0.25) is 0 Å². The molecule has 0 aliphatic carbocycles. The summed E-state index contributed by atoms with van der Waals surface area (Å²) in [5.74, 6) is 0.788. The van der Waals surface area contributed by atoms with Gasteiger partial charge in [0, 0.05) is 18.3 Å². The van der Waals surface area contributed by atoms with E-state index in [0.29, 0.717) is 12.1 Å². The zero-order chi connectivity index (χ0) is 10.1. The van der Waals surface area contributed by atoms with Crippen molar-refractivity contribution in [2.45, 2.75) is 39.3 Å². The maximum Gasteiger partial charge on any atom is 0.0951 e. The lowest BCUT2D eigenvalue weighted by molar-refractivity contribution is 0.513. The van der Waals surface area contributed by atoms with Crippen molar-refractivity contribution in [3.63, 3.8) is 0 Å². The summed E-state index contributed by atoms with van der Waals surface area (Å²) in [6, 6.07) is 1.01. The smallest absolute Gasteiger partial charge is 0.0951 e. The largest absolute Gasteiger partial charge is 0.331 e. The molecule has 1 aromatic rings. The Morgan fingerprint density at radius 1 is 1.57 bits per heavy atom. The lowest BCUT2D eigenvalue weighted by atomic mass is 10.1. The molecule has 0 bridgehead atoms. The van der Waals surface area contributed by atoms with Crippen LogP contribution in [0.1, 0.15) is 45.0 Å². The monoisotopic (exact) mass is 193 g/mol. The minimum atomic E-state index is 0.505. The quantitative estimate of drug-likeness (QED) is 0.779. The van der Waals surface area contributed by atoms with Crippen molar-refractivity contribution < 1.29 is 0 Å². The average molecular weight is 193 g/mol. The van der Waals surface area contributed by atoms with Crippen molar-refractivity contribution in [2.75, 3.05) is 6.54 Å². The van der Waals surface area contributed by atoms with Crippen molar-refractivity contribution in [3.05, 3.63) is 18.2 Å². The predicted molar refractivity (Wildman–Crippen MR) is 57.1 cm³/mol. The van der Waals surface area contributed by atoms with E-state index in [4.69, 9.17) is 0 Å². The molecule has 1 N–H and O–H groups in total. The van der Waals surface area contributed by atoms with Crippen LogP contribution in [0.15, 0.2) is 12.5 Å². The Balaban J connectivity index is 2.19. The second-order valence-electron chi connectivity index (χ2n) is 4.62. The van der Waals surface area contributed by atoms with Crippen molar-refractivity contribution in [2.24, 2.45) is 5.92 Å².